The first kappa shape index (κ1) is 26.7. The predicted octanol–water partition coefficient (Wildman–Crippen LogP) is 6.48. The summed E-state index contributed by atoms with van der Waals surface area (Å²) in [5.74, 6) is 0.858. The molecule has 210 valence electrons. The Bertz CT molecular complexity index is 1230. The highest BCUT2D eigenvalue weighted by atomic mass is 16.5. The summed E-state index contributed by atoms with van der Waals surface area (Å²) in [4.78, 5) is 17.7. The van der Waals surface area contributed by atoms with Crippen molar-refractivity contribution in [2.75, 3.05) is 54.9 Å². The van der Waals surface area contributed by atoms with Crippen LogP contribution in [0, 0.1) is 0 Å². The average Bonchev–Trinajstić information content (AvgIpc) is 3.53. The molecule has 3 aromatic carbocycles. The molecule has 0 aromatic heterocycles. The number of anilines is 3. The van der Waals surface area contributed by atoms with E-state index in [1.54, 1.807) is 0 Å². The summed E-state index contributed by atoms with van der Waals surface area (Å²) in [5.41, 5.74) is 4.17. The lowest BCUT2D eigenvalue weighted by Crippen LogP contribution is -2.56. The van der Waals surface area contributed by atoms with Gasteiger partial charge in [0.15, 0.2) is 0 Å². The van der Waals surface area contributed by atoms with Crippen molar-refractivity contribution in [3.8, 4) is 5.75 Å². The molecule has 2 amide bonds. The van der Waals surface area contributed by atoms with E-state index in [2.05, 4.69) is 62.9 Å². The van der Waals surface area contributed by atoms with E-state index in [-0.39, 0.29) is 11.6 Å². The van der Waals surface area contributed by atoms with Crippen molar-refractivity contribution in [2.45, 2.75) is 50.2 Å². The zero-order valence-electron chi connectivity index (χ0n) is 23.2. The van der Waals surface area contributed by atoms with Crippen molar-refractivity contribution in [1.29, 1.82) is 0 Å². The van der Waals surface area contributed by atoms with Gasteiger partial charge in [-0.3, -0.25) is 4.90 Å². The molecule has 1 aliphatic carbocycles. The first-order chi connectivity index (χ1) is 19.7. The van der Waals surface area contributed by atoms with Crippen LogP contribution in [0.25, 0.3) is 0 Å². The van der Waals surface area contributed by atoms with Crippen molar-refractivity contribution in [3.05, 3.63) is 84.4 Å². The summed E-state index contributed by atoms with van der Waals surface area (Å²) < 4.78 is 11.7. The van der Waals surface area contributed by atoms with Gasteiger partial charge >= 0.3 is 6.03 Å². The van der Waals surface area contributed by atoms with Crippen molar-refractivity contribution in [1.82, 2.24) is 4.90 Å². The molecular formula is C33H40N4O3. The van der Waals surface area contributed by atoms with Crippen LogP contribution in [-0.2, 0) is 10.3 Å². The second-order valence-corrected chi connectivity index (χ2v) is 11.2. The van der Waals surface area contributed by atoms with Crippen LogP contribution in [0.1, 0.15) is 44.1 Å². The fraction of sp³-hybridized carbons (Fsp3) is 0.424. The summed E-state index contributed by atoms with van der Waals surface area (Å²) in [7, 11) is 0. The van der Waals surface area contributed by atoms with E-state index in [9.17, 15) is 4.79 Å². The molecule has 2 heterocycles. The van der Waals surface area contributed by atoms with E-state index in [4.69, 9.17) is 9.47 Å². The lowest BCUT2D eigenvalue weighted by molar-refractivity contribution is -0.0352. The maximum atomic E-state index is 12.6. The normalized spacial score (nSPS) is 19.8. The Morgan fingerprint density at radius 3 is 2.00 bits per heavy atom. The van der Waals surface area contributed by atoms with Gasteiger partial charge in [0.25, 0.3) is 0 Å². The molecule has 0 bridgehead atoms. The molecule has 3 aromatic rings. The summed E-state index contributed by atoms with van der Waals surface area (Å²) >= 11 is 0. The van der Waals surface area contributed by atoms with Gasteiger partial charge < -0.3 is 25.0 Å². The zero-order valence-corrected chi connectivity index (χ0v) is 23.2. The Balaban J connectivity index is 1.03. The first-order valence-electron chi connectivity index (χ1n) is 14.8. The van der Waals surface area contributed by atoms with Crippen LogP contribution >= 0.6 is 0 Å². The molecule has 0 unspecified atom stereocenters. The smallest absolute Gasteiger partial charge is 0.323 e. The Hall–Kier alpha value is -3.55. The van der Waals surface area contributed by atoms with Crippen LogP contribution in [0.3, 0.4) is 0 Å². The van der Waals surface area contributed by atoms with Crippen molar-refractivity contribution < 1.29 is 14.3 Å². The minimum absolute atomic E-state index is 0.0575. The first-order valence-corrected chi connectivity index (χ1v) is 14.8. The SMILES string of the molecule is O=C(Nc1ccc(OC2CCCC2)cc1)Nc1ccc(N2CCC(c3ccccc3)(N3CCOCC3)CC2)cc1. The number of ether oxygens (including phenoxy) is 2. The number of carbonyl (C=O) groups is 1. The quantitative estimate of drug-likeness (QED) is 0.359. The maximum absolute atomic E-state index is 12.6. The van der Waals surface area contributed by atoms with E-state index in [1.807, 2.05) is 36.4 Å². The molecule has 3 fully saturated rings. The number of benzene rings is 3. The standard InChI is InChI=1S/C33H40N4O3/c38-32(35-28-12-16-31(17-13-28)40-30-8-4-5-9-30)34-27-10-14-29(15-11-27)36-20-18-33(19-21-36,26-6-2-1-3-7-26)37-22-24-39-25-23-37/h1-3,6-7,10-17,30H,4-5,8-9,18-25H2,(H2,34,35,38). The molecule has 7 nitrogen and oxygen atoms in total. The van der Waals surface area contributed by atoms with Gasteiger partial charge in [0.05, 0.1) is 19.3 Å². The second kappa shape index (κ2) is 12.3. The molecule has 2 aliphatic heterocycles. The molecule has 6 rings (SSSR count). The number of rotatable bonds is 7. The van der Waals surface area contributed by atoms with E-state index in [1.165, 1.54) is 24.1 Å². The van der Waals surface area contributed by atoms with Crippen LogP contribution in [0.2, 0.25) is 0 Å². The second-order valence-electron chi connectivity index (χ2n) is 11.2. The summed E-state index contributed by atoms with van der Waals surface area (Å²) in [6, 6.07) is 26.5. The van der Waals surface area contributed by atoms with Gasteiger partial charge in [0.1, 0.15) is 5.75 Å². The lowest BCUT2D eigenvalue weighted by Gasteiger charge is -2.51. The minimum Gasteiger partial charge on any atom is -0.490 e. The fourth-order valence-corrected chi connectivity index (χ4v) is 6.53. The Kier molecular flexibility index (Phi) is 8.21. The Morgan fingerprint density at radius 1 is 0.775 bits per heavy atom. The van der Waals surface area contributed by atoms with E-state index in [0.29, 0.717) is 6.10 Å². The van der Waals surface area contributed by atoms with Crippen LogP contribution in [-0.4, -0.2) is 56.4 Å². The van der Waals surface area contributed by atoms with Gasteiger partial charge in [-0.25, -0.2) is 4.79 Å². The number of hydrogen-bond acceptors (Lipinski definition) is 5. The molecule has 0 spiro atoms. The third kappa shape index (κ3) is 6.11. The number of nitrogens with zero attached hydrogens (tertiary/aromatic N) is 2. The Morgan fingerprint density at radius 2 is 1.38 bits per heavy atom. The number of piperidine rings is 1. The highest BCUT2D eigenvalue weighted by Gasteiger charge is 2.41. The van der Waals surface area contributed by atoms with Gasteiger partial charge in [-0.15, -0.1) is 0 Å². The van der Waals surface area contributed by atoms with Crippen molar-refractivity contribution in [2.24, 2.45) is 0 Å². The molecule has 1 saturated carbocycles. The zero-order chi connectivity index (χ0) is 27.2. The van der Waals surface area contributed by atoms with Gasteiger partial charge in [-0.2, -0.15) is 0 Å². The molecular weight excluding hydrogens is 500 g/mol. The molecule has 2 N–H and O–H groups in total. The monoisotopic (exact) mass is 540 g/mol. The van der Waals surface area contributed by atoms with E-state index >= 15 is 0 Å². The van der Waals surface area contributed by atoms with Crippen LogP contribution in [0.4, 0.5) is 21.9 Å². The third-order valence-electron chi connectivity index (χ3n) is 8.73. The van der Waals surface area contributed by atoms with Gasteiger partial charge in [-0.05, 0) is 92.6 Å². The number of carbonyl (C=O) groups excluding carboxylic acids is 1. The highest BCUT2D eigenvalue weighted by molar-refractivity contribution is 5.99. The average molecular weight is 541 g/mol. The minimum atomic E-state index is -0.256. The maximum Gasteiger partial charge on any atom is 0.323 e. The fourth-order valence-electron chi connectivity index (χ4n) is 6.53. The van der Waals surface area contributed by atoms with E-state index in [0.717, 1.165) is 82.2 Å². The van der Waals surface area contributed by atoms with Crippen LogP contribution in [0.15, 0.2) is 78.9 Å². The summed E-state index contributed by atoms with van der Waals surface area (Å²) in [6.07, 6.45) is 7.21. The molecule has 2 saturated heterocycles. The van der Waals surface area contributed by atoms with Crippen molar-refractivity contribution >= 4 is 23.1 Å². The topological polar surface area (TPSA) is 66.1 Å². The number of urea groups is 1. The molecule has 7 heteroatoms. The van der Waals surface area contributed by atoms with Gasteiger partial charge in [0, 0.05) is 48.8 Å². The number of hydrogen-bond donors (Lipinski definition) is 2. The molecule has 40 heavy (non-hydrogen) atoms. The molecule has 0 radical (unpaired) electrons. The van der Waals surface area contributed by atoms with Gasteiger partial charge in [0.2, 0.25) is 0 Å². The Labute approximate surface area is 237 Å². The lowest BCUT2D eigenvalue weighted by atomic mass is 9.79. The summed E-state index contributed by atoms with van der Waals surface area (Å²) in [6.45, 7) is 5.55. The van der Waals surface area contributed by atoms with Crippen LogP contribution in [0.5, 0.6) is 5.75 Å². The third-order valence-corrected chi connectivity index (χ3v) is 8.73. The number of morpholine rings is 1. The van der Waals surface area contributed by atoms with E-state index < -0.39 is 0 Å². The largest absolute Gasteiger partial charge is 0.490 e. The summed E-state index contributed by atoms with van der Waals surface area (Å²) in [5, 5.41) is 5.87. The van der Waals surface area contributed by atoms with Gasteiger partial charge in [-0.1, -0.05) is 30.3 Å². The number of nitrogens with one attached hydrogen (secondary N) is 2. The number of amides is 2. The molecule has 3 aliphatic rings. The van der Waals surface area contributed by atoms with Crippen molar-refractivity contribution in [3.63, 3.8) is 0 Å². The predicted molar refractivity (Wildman–Crippen MR) is 160 cm³/mol. The van der Waals surface area contributed by atoms with Crippen LogP contribution < -0.4 is 20.3 Å². The molecule has 0 atom stereocenters. The highest BCUT2D eigenvalue weighted by Crippen LogP contribution is 2.40.